The van der Waals surface area contributed by atoms with E-state index < -0.39 is 0 Å². The normalized spacial score (nSPS) is 16.6. The second kappa shape index (κ2) is 8.65. The lowest BCUT2D eigenvalue weighted by atomic mass is 9.96. The van der Waals surface area contributed by atoms with Crippen molar-refractivity contribution in [1.82, 2.24) is 4.90 Å². The summed E-state index contributed by atoms with van der Waals surface area (Å²) in [7, 11) is 1.54. The fourth-order valence-corrected chi connectivity index (χ4v) is 3.65. The van der Waals surface area contributed by atoms with Crippen LogP contribution < -0.4 is 10.1 Å². The fourth-order valence-electron chi connectivity index (χ4n) is 3.50. The molecule has 0 aromatic heterocycles. The van der Waals surface area contributed by atoms with Crippen LogP contribution in [0, 0.1) is 19.8 Å². The summed E-state index contributed by atoms with van der Waals surface area (Å²) in [4.78, 5) is 27.4. The van der Waals surface area contributed by atoms with Crippen LogP contribution in [0.5, 0.6) is 5.75 Å². The van der Waals surface area contributed by atoms with Crippen molar-refractivity contribution in [3.8, 4) is 5.75 Å². The molecule has 1 fully saturated rings. The first-order valence-electron chi connectivity index (χ1n) is 9.40. The first-order valence-corrected chi connectivity index (χ1v) is 9.77. The summed E-state index contributed by atoms with van der Waals surface area (Å²) in [6.45, 7) is 4.92. The molecule has 0 saturated carbocycles. The Labute approximate surface area is 170 Å². The second-order valence-corrected chi connectivity index (χ2v) is 7.66. The number of hydrogen-bond donors (Lipinski definition) is 1. The summed E-state index contributed by atoms with van der Waals surface area (Å²) in [5.74, 6) is 0.124. The first kappa shape index (κ1) is 20.2. The number of nitrogens with one attached hydrogen (secondary N) is 1. The molecule has 1 N–H and O–H groups in total. The molecule has 0 radical (unpaired) electrons. The zero-order chi connectivity index (χ0) is 20.3. The number of anilines is 1. The van der Waals surface area contributed by atoms with Crippen LogP contribution in [0.3, 0.4) is 0 Å². The first-order chi connectivity index (χ1) is 13.4. The molecule has 1 saturated heterocycles. The average Bonchev–Trinajstić information content (AvgIpc) is 2.70. The van der Waals surface area contributed by atoms with E-state index in [9.17, 15) is 9.59 Å². The van der Waals surface area contributed by atoms with Crippen molar-refractivity contribution in [2.45, 2.75) is 26.7 Å². The Bertz CT molecular complexity index is 897. The van der Waals surface area contributed by atoms with Crippen molar-refractivity contribution in [1.29, 1.82) is 0 Å². The van der Waals surface area contributed by atoms with Crippen LogP contribution in [0.1, 0.15) is 34.3 Å². The minimum atomic E-state index is -0.261. The molecule has 1 heterocycles. The number of benzene rings is 2. The third kappa shape index (κ3) is 4.47. The lowest BCUT2D eigenvalue weighted by Crippen LogP contribution is -2.43. The van der Waals surface area contributed by atoms with Crippen LogP contribution in [0.15, 0.2) is 36.4 Å². The molecule has 0 unspecified atom stereocenters. The molecule has 1 atom stereocenters. The van der Waals surface area contributed by atoms with Crippen LogP contribution in [0.25, 0.3) is 0 Å². The van der Waals surface area contributed by atoms with Gasteiger partial charge in [-0.1, -0.05) is 29.3 Å². The lowest BCUT2D eigenvalue weighted by Gasteiger charge is -2.32. The molecule has 0 aliphatic carbocycles. The quantitative estimate of drug-likeness (QED) is 0.824. The molecule has 1 aliphatic heterocycles. The third-order valence-corrected chi connectivity index (χ3v) is 5.49. The van der Waals surface area contributed by atoms with Crippen molar-refractivity contribution >= 4 is 29.1 Å². The van der Waals surface area contributed by atoms with E-state index >= 15 is 0 Å². The van der Waals surface area contributed by atoms with Gasteiger partial charge in [-0.15, -0.1) is 0 Å². The highest BCUT2D eigenvalue weighted by Crippen LogP contribution is 2.32. The average molecular weight is 401 g/mol. The van der Waals surface area contributed by atoms with E-state index in [4.69, 9.17) is 16.3 Å². The van der Waals surface area contributed by atoms with Crippen LogP contribution in [-0.4, -0.2) is 36.9 Å². The summed E-state index contributed by atoms with van der Waals surface area (Å²) < 4.78 is 5.33. The van der Waals surface area contributed by atoms with Crippen molar-refractivity contribution < 1.29 is 14.3 Å². The minimum Gasteiger partial charge on any atom is -0.495 e. The van der Waals surface area contributed by atoms with Gasteiger partial charge in [-0.2, -0.15) is 0 Å². The molecule has 2 aromatic carbocycles. The summed E-state index contributed by atoms with van der Waals surface area (Å²) in [5, 5.41) is 3.53. The summed E-state index contributed by atoms with van der Waals surface area (Å²) in [5.41, 5.74) is 3.16. The smallest absolute Gasteiger partial charge is 0.253 e. The predicted octanol–water partition coefficient (Wildman–Crippen LogP) is 4.46. The van der Waals surface area contributed by atoms with Gasteiger partial charge in [-0.05, 0) is 50.5 Å². The topological polar surface area (TPSA) is 58.6 Å². The van der Waals surface area contributed by atoms with E-state index in [1.165, 1.54) is 0 Å². The monoisotopic (exact) mass is 400 g/mol. The van der Waals surface area contributed by atoms with Gasteiger partial charge in [-0.25, -0.2) is 0 Å². The minimum absolute atomic E-state index is 0.0267. The number of methoxy groups -OCH3 is 1. The predicted molar refractivity (Wildman–Crippen MR) is 111 cm³/mol. The van der Waals surface area contributed by atoms with Gasteiger partial charge in [0.05, 0.1) is 18.7 Å². The molecule has 6 heteroatoms. The molecule has 0 bridgehead atoms. The molecule has 1 aliphatic rings. The van der Waals surface area contributed by atoms with Crippen LogP contribution >= 0.6 is 11.6 Å². The Hall–Kier alpha value is -2.53. The molecule has 5 nitrogen and oxygen atoms in total. The van der Waals surface area contributed by atoms with Gasteiger partial charge in [0.25, 0.3) is 5.91 Å². The van der Waals surface area contributed by atoms with E-state index in [1.54, 1.807) is 24.1 Å². The highest BCUT2D eigenvalue weighted by molar-refractivity contribution is 6.31. The number of ether oxygens (including phenoxy) is 1. The maximum Gasteiger partial charge on any atom is 0.253 e. The Morgan fingerprint density at radius 1 is 1.21 bits per heavy atom. The molecule has 148 valence electrons. The van der Waals surface area contributed by atoms with Gasteiger partial charge in [0.2, 0.25) is 5.91 Å². The van der Waals surface area contributed by atoms with E-state index in [0.29, 0.717) is 35.1 Å². The summed E-state index contributed by atoms with van der Waals surface area (Å²) in [6, 6.07) is 11.0. The number of rotatable bonds is 4. The number of amides is 2. The molecule has 0 spiro atoms. The van der Waals surface area contributed by atoms with Crippen molar-refractivity contribution in [3.63, 3.8) is 0 Å². The third-order valence-electron chi connectivity index (χ3n) is 5.08. The Kier molecular flexibility index (Phi) is 6.25. The van der Waals surface area contributed by atoms with Gasteiger partial charge < -0.3 is 15.0 Å². The highest BCUT2D eigenvalue weighted by Gasteiger charge is 2.29. The van der Waals surface area contributed by atoms with Crippen LogP contribution in [-0.2, 0) is 4.79 Å². The van der Waals surface area contributed by atoms with E-state index in [-0.39, 0.29) is 17.7 Å². The zero-order valence-corrected chi connectivity index (χ0v) is 17.2. The lowest BCUT2D eigenvalue weighted by molar-refractivity contribution is -0.121. The molecule has 2 aromatic rings. The second-order valence-electron chi connectivity index (χ2n) is 7.25. The number of nitrogens with zero attached hydrogens (tertiary/aromatic N) is 1. The zero-order valence-electron chi connectivity index (χ0n) is 16.4. The number of halogens is 1. The number of aryl methyl sites for hydroxylation is 2. The van der Waals surface area contributed by atoms with Gasteiger partial charge in [0.15, 0.2) is 0 Å². The number of carbonyl (C=O) groups is 2. The van der Waals surface area contributed by atoms with E-state index in [1.807, 2.05) is 38.1 Å². The molecule has 3 rings (SSSR count). The Balaban J connectivity index is 1.71. The maximum atomic E-state index is 12.9. The number of piperidine rings is 1. The van der Waals surface area contributed by atoms with Crippen molar-refractivity contribution in [2.24, 2.45) is 5.92 Å². The number of carbonyl (C=O) groups excluding carboxylic acids is 2. The number of hydrogen-bond acceptors (Lipinski definition) is 3. The van der Waals surface area contributed by atoms with Gasteiger partial charge in [-0.3, -0.25) is 9.59 Å². The summed E-state index contributed by atoms with van der Waals surface area (Å²) in [6.07, 6.45) is 1.55. The van der Waals surface area contributed by atoms with Crippen LogP contribution in [0.2, 0.25) is 5.02 Å². The molecule has 2 amide bonds. The SMILES string of the molecule is COc1cc(Cl)c(C)cc1NC(=O)[C@H]1CCCN(C(=O)c2cccc(C)c2)C1. The molecule has 28 heavy (non-hydrogen) atoms. The van der Waals surface area contributed by atoms with Gasteiger partial charge in [0, 0.05) is 29.7 Å². The van der Waals surface area contributed by atoms with Crippen LogP contribution in [0.4, 0.5) is 5.69 Å². The maximum absolute atomic E-state index is 12.9. The van der Waals surface area contributed by atoms with Crippen molar-refractivity contribution in [2.75, 3.05) is 25.5 Å². The Morgan fingerprint density at radius 3 is 2.71 bits per heavy atom. The fraction of sp³-hybridized carbons (Fsp3) is 0.364. The van der Waals surface area contributed by atoms with Crippen molar-refractivity contribution in [3.05, 3.63) is 58.1 Å². The molecular weight excluding hydrogens is 376 g/mol. The van der Waals surface area contributed by atoms with Gasteiger partial charge in [0.1, 0.15) is 5.75 Å². The Morgan fingerprint density at radius 2 is 2.00 bits per heavy atom. The summed E-state index contributed by atoms with van der Waals surface area (Å²) >= 11 is 6.14. The van der Waals surface area contributed by atoms with E-state index in [0.717, 1.165) is 24.0 Å². The molecular formula is C22H25ClN2O3. The standard InChI is InChI=1S/C22H25ClN2O3/c1-14-6-4-7-16(10-14)22(27)25-9-5-8-17(13-25)21(26)24-19-11-15(2)18(23)12-20(19)28-3/h4,6-7,10-12,17H,5,8-9,13H2,1-3H3,(H,24,26)/t17-/m0/s1. The largest absolute Gasteiger partial charge is 0.495 e. The van der Waals surface area contributed by atoms with E-state index in [2.05, 4.69) is 5.32 Å². The number of likely N-dealkylation sites (tertiary alicyclic amines) is 1. The van der Waals surface area contributed by atoms with Gasteiger partial charge >= 0.3 is 0 Å². The highest BCUT2D eigenvalue weighted by atomic mass is 35.5.